The third-order valence-electron chi connectivity index (χ3n) is 4.13. The molecule has 1 aliphatic heterocycles. The zero-order chi connectivity index (χ0) is 19.7. The Morgan fingerprint density at radius 2 is 1.85 bits per heavy atom. The number of nitro groups is 1. The third-order valence-corrected chi connectivity index (χ3v) is 4.13. The second kappa shape index (κ2) is 6.91. The van der Waals surface area contributed by atoms with Gasteiger partial charge < -0.3 is 9.84 Å². The summed E-state index contributed by atoms with van der Waals surface area (Å²) in [5, 5.41) is 28.6. The van der Waals surface area contributed by atoms with Crippen LogP contribution in [0.1, 0.15) is 18.1 Å². The summed E-state index contributed by atoms with van der Waals surface area (Å²) in [6, 6.07) is 9.79. The number of carbonyl (C=O) groups is 1. The molecule has 0 N–H and O–H groups in total. The lowest BCUT2D eigenvalue weighted by Gasteiger charge is -2.14. The molecule has 2 aromatic carbocycles. The van der Waals surface area contributed by atoms with Crippen LogP contribution >= 0.6 is 0 Å². The summed E-state index contributed by atoms with van der Waals surface area (Å²) in [6.07, 6.45) is 1.46. The lowest BCUT2D eigenvalue weighted by molar-refractivity contribution is -0.398. The fourth-order valence-electron chi connectivity index (χ4n) is 2.69. The number of methoxy groups -OCH3 is 1. The monoisotopic (exact) mass is 366 g/mol. The summed E-state index contributed by atoms with van der Waals surface area (Å²) in [4.78, 5) is 23.1. The van der Waals surface area contributed by atoms with E-state index < -0.39 is 16.4 Å². The number of aryl methyl sites for hydroxylation is 1. The molecule has 27 heavy (non-hydrogen) atoms. The molecule has 0 saturated heterocycles. The fourth-order valence-corrected chi connectivity index (χ4v) is 2.69. The van der Waals surface area contributed by atoms with Gasteiger partial charge in [0.25, 0.3) is 11.6 Å². The molecule has 0 unspecified atom stereocenters. The molecule has 0 fully saturated rings. The van der Waals surface area contributed by atoms with E-state index in [2.05, 4.69) is 5.10 Å². The number of hydrogen-bond acceptors (Lipinski definition) is 6. The van der Waals surface area contributed by atoms with Gasteiger partial charge in [-0.3, -0.25) is 14.9 Å². The van der Waals surface area contributed by atoms with Gasteiger partial charge in [0.15, 0.2) is 0 Å². The number of anilines is 1. The first kappa shape index (κ1) is 18.1. The van der Waals surface area contributed by atoms with E-state index in [1.807, 2.05) is 19.1 Å². The van der Waals surface area contributed by atoms with Crippen LogP contribution in [-0.4, -0.2) is 23.7 Å². The maximum absolute atomic E-state index is 12.8. The van der Waals surface area contributed by atoms with Crippen LogP contribution in [0.2, 0.25) is 0 Å². The Morgan fingerprint density at radius 3 is 2.44 bits per heavy atom. The van der Waals surface area contributed by atoms with Crippen molar-refractivity contribution in [1.29, 1.82) is 0 Å². The minimum atomic E-state index is -0.811. The molecule has 1 heterocycles. The molecule has 1 aliphatic rings. The first-order valence-corrected chi connectivity index (χ1v) is 8.03. The van der Waals surface area contributed by atoms with E-state index in [1.165, 1.54) is 24.3 Å². The molecule has 0 radical (unpaired) electrons. The summed E-state index contributed by atoms with van der Waals surface area (Å²) in [6.45, 7) is 3.61. The molecule has 0 aromatic heterocycles. The molecular formula is C19H16N3O5-. The standard InChI is InChI=1S/C19H17N3O5/c1-11-4-6-14(7-5-11)21-19(24)15(12(2)20-21)8-13-9-16(22(25)26)18(23)17(10-13)27-3/h4-10,23H,1-3H3/p-1/b15-8+. The predicted octanol–water partition coefficient (Wildman–Crippen LogP) is 2.79. The van der Waals surface area contributed by atoms with E-state index in [0.29, 0.717) is 17.0 Å². The highest BCUT2D eigenvalue weighted by Crippen LogP contribution is 2.35. The third kappa shape index (κ3) is 3.37. The Balaban J connectivity index is 2.02. The highest BCUT2D eigenvalue weighted by atomic mass is 16.6. The Morgan fingerprint density at radius 1 is 1.19 bits per heavy atom. The second-order valence-electron chi connectivity index (χ2n) is 6.02. The molecule has 0 saturated carbocycles. The number of ether oxygens (including phenoxy) is 1. The number of nitro benzene ring substituents is 1. The molecule has 3 rings (SSSR count). The smallest absolute Gasteiger partial charge is 0.280 e. The number of amides is 1. The van der Waals surface area contributed by atoms with Gasteiger partial charge in [-0.25, -0.2) is 0 Å². The molecular weight excluding hydrogens is 350 g/mol. The summed E-state index contributed by atoms with van der Waals surface area (Å²) in [5.41, 5.74) is 2.11. The van der Waals surface area contributed by atoms with Crippen molar-refractivity contribution in [3.05, 3.63) is 63.2 Å². The van der Waals surface area contributed by atoms with Gasteiger partial charge in [0.1, 0.15) is 5.75 Å². The molecule has 0 atom stereocenters. The molecule has 1 amide bonds. The second-order valence-corrected chi connectivity index (χ2v) is 6.02. The zero-order valence-corrected chi connectivity index (χ0v) is 14.9. The van der Waals surface area contributed by atoms with Crippen molar-refractivity contribution in [1.82, 2.24) is 0 Å². The van der Waals surface area contributed by atoms with Crippen LogP contribution in [0.15, 0.2) is 47.1 Å². The van der Waals surface area contributed by atoms with Gasteiger partial charge in [-0.2, -0.15) is 10.1 Å². The number of hydrogen-bond donors (Lipinski definition) is 0. The molecule has 8 nitrogen and oxygen atoms in total. The minimum absolute atomic E-state index is 0.161. The van der Waals surface area contributed by atoms with Gasteiger partial charge in [0.2, 0.25) is 0 Å². The van der Waals surface area contributed by atoms with Gasteiger partial charge in [0, 0.05) is 11.8 Å². The summed E-state index contributed by atoms with van der Waals surface area (Å²) in [5.74, 6) is -1.33. The number of benzene rings is 2. The van der Waals surface area contributed by atoms with Crippen LogP contribution < -0.4 is 14.9 Å². The van der Waals surface area contributed by atoms with Gasteiger partial charge in [-0.15, -0.1) is 0 Å². The lowest BCUT2D eigenvalue weighted by atomic mass is 10.1. The Labute approximate surface area is 155 Å². The molecule has 138 valence electrons. The van der Waals surface area contributed by atoms with Crippen LogP contribution in [-0.2, 0) is 4.79 Å². The molecule has 8 heteroatoms. The number of hydrazone groups is 1. The van der Waals surface area contributed by atoms with E-state index >= 15 is 0 Å². The maximum Gasteiger partial charge on any atom is 0.280 e. The average molecular weight is 366 g/mol. The van der Waals surface area contributed by atoms with Crippen LogP contribution in [0.25, 0.3) is 6.08 Å². The maximum atomic E-state index is 12.8. The highest BCUT2D eigenvalue weighted by molar-refractivity contribution is 6.32. The van der Waals surface area contributed by atoms with Gasteiger partial charge in [-0.1, -0.05) is 17.7 Å². The van der Waals surface area contributed by atoms with E-state index in [4.69, 9.17) is 4.74 Å². The largest absolute Gasteiger partial charge is 0.865 e. The van der Waals surface area contributed by atoms with Crippen LogP contribution in [0.4, 0.5) is 11.4 Å². The Hall–Kier alpha value is -3.68. The molecule has 0 spiro atoms. The van der Waals surface area contributed by atoms with Crippen LogP contribution in [0.3, 0.4) is 0 Å². The first-order valence-electron chi connectivity index (χ1n) is 8.03. The lowest BCUT2D eigenvalue weighted by Crippen LogP contribution is -2.21. The van der Waals surface area contributed by atoms with E-state index in [-0.39, 0.29) is 17.2 Å². The predicted molar refractivity (Wildman–Crippen MR) is 98.8 cm³/mol. The molecule has 2 aromatic rings. The topological polar surface area (TPSA) is 108 Å². The fraction of sp³-hybridized carbons (Fsp3) is 0.158. The molecule has 0 aliphatic carbocycles. The Bertz CT molecular complexity index is 993. The van der Waals surface area contributed by atoms with Crippen molar-refractivity contribution in [2.24, 2.45) is 5.10 Å². The number of carbonyl (C=O) groups excluding carboxylic acids is 1. The zero-order valence-electron chi connectivity index (χ0n) is 14.9. The van der Waals surface area contributed by atoms with Gasteiger partial charge >= 0.3 is 0 Å². The van der Waals surface area contributed by atoms with E-state index in [9.17, 15) is 20.0 Å². The average Bonchev–Trinajstić information content (AvgIpc) is 2.91. The van der Waals surface area contributed by atoms with Crippen molar-refractivity contribution >= 4 is 29.1 Å². The van der Waals surface area contributed by atoms with Crippen molar-refractivity contribution < 1.29 is 19.6 Å². The van der Waals surface area contributed by atoms with Crippen molar-refractivity contribution in [2.45, 2.75) is 13.8 Å². The van der Waals surface area contributed by atoms with Crippen LogP contribution in [0, 0.1) is 17.0 Å². The van der Waals surface area contributed by atoms with Gasteiger partial charge in [0.05, 0.1) is 29.0 Å². The first-order chi connectivity index (χ1) is 12.8. The number of rotatable bonds is 4. The summed E-state index contributed by atoms with van der Waals surface area (Å²) < 4.78 is 4.92. The Kier molecular flexibility index (Phi) is 4.64. The quantitative estimate of drug-likeness (QED) is 0.470. The highest BCUT2D eigenvalue weighted by Gasteiger charge is 2.29. The van der Waals surface area contributed by atoms with E-state index in [1.54, 1.807) is 19.1 Å². The van der Waals surface area contributed by atoms with Crippen molar-refractivity contribution in [3.8, 4) is 11.5 Å². The summed E-state index contributed by atoms with van der Waals surface area (Å²) >= 11 is 0. The number of nitrogens with zero attached hydrogens (tertiary/aromatic N) is 3. The minimum Gasteiger partial charge on any atom is -0.865 e. The van der Waals surface area contributed by atoms with Crippen molar-refractivity contribution in [2.75, 3.05) is 12.1 Å². The summed E-state index contributed by atoms with van der Waals surface area (Å²) in [7, 11) is 1.25. The van der Waals surface area contributed by atoms with Gasteiger partial charge in [-0.05, 0) is 43.7 Å². The SMILES string of the molecule is COc1cc(/C=C2/C(=O)N(c3ccc(C)cc3)N=C2C)cc([N+](=O)[O-])c1[O-]. The normalized spacial score (nSPS) is 15.2. The van der Waals surface area contributed by atoms with E-state index in [0.717, 1.165) is 11.6 Å². The van der Waals surface area contributed by atoms with Crippen molar-refractivity contribution in [3.63, 3.8) is 0 Å². The molecule has 0 bridgehead atoms. The van der Waals surface area contributed by atoms with Crippen LogP contribution in [0.5, 0.6) is 11.5 Å².